The molecule has 0 spiro atoms. The zero-order valence-corrected chi connectivity index (χ0v) is 11.2. The van der Waals surface area contributed by atoms with Gasteiger partial charge in [-0.2, -0.15) is 0 Å². The van der Waals surface area contributed by atoms with Crippen LogP contribution in [0.3, 0.4) is 0 Å². The quantitative estimate of drug-likeness (QED) is 0.385. The Hall–Kier alpha value is 0.589. The second kappa shape index (κ2) is 9.68. The van der Waals surface area contributed by atoms with Crippen LogP contribution in [0, 0.1) is 0 Å². The predicted octanol–water partition coefficient (Wildman–Crippen LogP) is 3.09. The molecule has 0 atom stereocenters. The first kappa shape index (κ1) is 12.6. The van der Waals surface area contributed by atoms with Crippen LogP contribution >= 0.6 is 11.6 Å². The third-order valence-corrected chi connectivity index (χ3v) is 5.64. The van der Waals surface area contributed by atoms with Gasteiger partial charge in [-0.05, 0) is 0 Å². The van der Waals surface area contributed by atoms with Gasteiger partial charge in [0.2, 0.25) is 0 Å². The van der Waals surface area contributed by atoms with Gasteiger partial charge in [-0.25, -0.2) is 0 Å². The molecule has 0 N–H and O–H groups in total. The van der Waals surface area contributed by atoms with E-state index in [0.717, 1.165) is 10.4 Å². The molecule has 0 aliphatic carbocycles. The summed E-state index contributed by atoms with van der Waals surface area (Å²) in [5.41, 5.74) is 2.80. The third-order valence-electron chi connectivity index (χ3n) is 0.976. The summed E-state index contributed by atoms with van der Waals surface area (Å²) in [5.74, 6) is 0. The number of hydrogen-bond donors (Lipinski definition) is 0. The van der Waals surface area contributed by atoms with Crippen LogP contribution in [0.2, 0.25) is 16.0 Å². The molecule has 0 saturated carbocycles. The average molecular weight is 315 g/mol. The molecule has 0 amide bonds. The molecular formula is C9H13ClSe2. The van der Waals surface area contributed by atoms with E-state index in [2.05, 4.69) is 23.9 Å². The predicted molar refractivity (Wildman–Crippen MR) is 59.2 cm³/mol. The zero-order chi connectivity index (χ0) is 9.23. The number of halogens is 1. The fourth-order valence-electron chi connectivity index (χ4n) is 0.545. The summed E-state index contributed by atoms with van der Waals surface area (Å²) in [5, 5.41) is 4.47. The summed E-state index contributed by atoms with van der Waals surface area (Å²) in [7, 11) is 0. The molecule has 0 aliphatic rings. The molecule has 3 heteroatoms. The first-order chi connectivity index (χ1) is 5.77. The monoisotopic (exact) mass is 316 g/mol. The van der Waals surface area contributed by atoms with Crippen molar-refractivity contribution < 1.29 is 0 Å². The molecule has 0 aromatic carbocycles. The van der Waals surface area contributed by atoms with Crippen molar-refractivity contribution in [2.24, 2.45) is 0 Å². The van der Waals surface area contributed by atoms with E-state index in [4.69, 9.17) is 11.6 Å². The van der Waals surface area contributed by atoms with Crippen molar-refractivity contribution in [1.82, 2.24) is 0 Å². The van der Waals surface area contributed by atoms with Crippen molar-refractivity contribution in [3.8, 4) is 0 Å². The maximum absolute atomic E-state index is 5.64. The van der Waals surface area contributed by atoms with Crippen LogP contribution in [-0.2, 0) is 0 Å². The molecule has 0 rings (SSSR count). The van der Waals surface area contributed by atoms with E-state index < -0.39 is 0 Å². The van der Waals surface area contributed by atoms with Gasteiger partial charge < -0.3 is 0 Å². The summed E-state index contributed by atoms with van der Waals surface area (Å²) in [6.45, 7) is 7.19. The second-order valence-corrected chi connectivity index (χ2v) is 7.02. The average Bonchev–Trinajstić information content (AvgIpc) is 2.02. The Balaban J connectivity index is 3.00. The normalized spacial score (nSPS) is 9.08. The number of allylic oxidation sites excluding steroid dienone is 1. The van der Waals surface area contributed by atoms with Crippen molar-refractivity contribution in [1.29, 1.82) is 0 Å². The van der Waals surface area contributed by atoms with Gasteiger partial charge in [-0.15, -0.1) is 0 Å². The third kappa shape index (κ3) is 10.6. The van der Waals surface area contributed by atoms with E-state index in [1.807, 2.05) is 0 Å². The molecule has 0 heterocycles. The molecule has 0 aromatic heterocycles. The Labute approximate surface area is 92.5 Å². The van der Waals surface area contributed by atoms with Gasteiger partial charge in [0.05, 0.1) is 0 Å². The zero-order valence-electron chi connectivity index (χ0n) is 7.01. The van der Waals surface area contributed by atoms with E-state index in [1.165, 1.54) is 17.1 Å². The van der Waals surface area contributed by atoms with Gasteiger partial charge in [0.1, 0.15) is 0 Å². The van der Waals surface area contributed by atoms with Gasteiger partial charge in [0.25, 0.3) is 0 Å². The molecular weight excluding hydrogens is 301 g/mol. The van der Waals surface area contributed by atoms with Crippen LogP contribution in [-0.4, -0.2) is 29.9 Å². The van der Waals surface area contributed by atoms with Crippen molar-refractivity contribution in [2.45, 2.75) is 22.4 Å². The summed E-state index contributed by atoms with van der Waals surface area (Å²) in [4.78, 5) is 2.06. The Morgan fingerprint density at radius 1 is 1.50 bits per heavy atom. The first-order valence-electron chi connectivity index (χ1n) is 3.64. The van der Waals surface area contributed by atoms with Crippen LogP contribution < -0.4 is 0 Å². The van der Waals surface area contributed by atoms with E-state index in [0.29, 0.717) is 29.9 Å². The van der Waals surface area contributed by atoms with Crippen LogP contribution in [0.4, 0.5) is 0 Å². The van der Waals surface area contributed by atoms with Gasteiger partial charge in [-0.1, -0.05) is 0 Å². The van der Waals surface area contributed by atoms with Crippen LogP contribution in [0.25, 0.3) is 0 Å². The number of hydrogen-bond acceptors (Lipinski definition) is 0. The van der Waals surface area contributed by atoms with Crippen LogP contribution in [0.15, 0.2) is 28.9 Å². The fraction of sp³-hybridized carbons (Fsp3) is 0.444. The first-order valence-corrected chi connectivity index (χ1v) is 8.64. The minimum atomic E-state index is 0.621. The van der Waals surface area contributed by atoms with Crippen LogP contribution in [0.1, 0.15) is 6.42 Å². The molecule has 0 nitrogen and oxygen atoms in total. The van der Waals surface area contributed by atoms with Gasteiger partial charge >= 0.3 is 92.8 Å². The minimum absolute atomic E-state index is 0.621. The summed E-state index contributed by atoms with van der Waals surface area (Å²) >= 11 is 6.94. The second-order valence-electron chi connectivity index (χ2n) is 2.12. The molecule has 0 aliphatic heterocycles. The molecule has 0 bridgehead atoms. The molecule has 12 heavy (non-hydrogen) atoms. The van der Waals surface area contributed by atoms with Crippen LogP contribution in [0.5, 0.6) is 0 Å². The summed E-state index contributed by atoms with van der Waals surface area (Å²) in [6, 6.07) is 0. The van der Waals surface area contributed by atoms with Crippen molar-refractivity contribution >= 4 is 41.5 Å². The van der Waals surface area contributed by atoms with Crippen molar-refractivity contribution in [3.05, 3.63) is 28.9 Å². The molecule has 68 valence electrons. The Kier molecular flexibility index (Phi) is 10.2. The molecule has 0 fully saturated rings. The SMILES string of the molecule is C=C=C[Se]CCC[Se]CC(=C)Cl. The molecule has 0 saturated heterocycles. The van der Waals surface area contributed by atoms with E-state index >= 15 is 0 Å². The topological polar surface area (TPSA) is 0 Å². The number of rotatable bonds is 7. The van der Waals surface area contributed by atoms with Gasteiger partial charge in [0.15, 0.2) is 0 Å². The standard InChI is InChI=1S/C9H13ClSe2/c1-3-5-11-6-4-7-12-8-9(2)10/h5H,1-2,4,6-8H2. The maximum atomic E-state index is 5.64. The molecule has 0 radical (unpaired) electrons. The Morgan fingerprint density at radius 2 is 2.25 bits per heavy atom. The van der Waals surface area contributed by atoms with Crippen molar-refractivity contribution in [2.75, 3.05) is 0 Å². The Morgan fingerprint density at radius 3 is 2.83 bits per heavy atom. The fourth-order valence-corrected chi connectivity index (χ4v) is 4.52. The van der Waals surface area contributed by atoms with E-state index in [9.17, 15) is 0 Å². The van der Waals surface area contributed by atoms with Gasteiger partial charge in [-0.3, -0.25) is 0 Å². The molecule has 0 aromatic rings. The van der Waals surface area contributed by atoms with Gasteiger partial charge in [0, 0.05) is 0 Å². The van der Waals surface area contributed by atoms with E-state index in [1.54, 1.807) is 0 Å². The van der Waals surface area contributed by atoms with E-state index in [-0.39, 0.29) is 0 Å². The summed E-state index contributed by atoms with van der Waals surface area (Å²) < 4.78 is 0. The molecule has 0 unspecified atom stereocenters. The van der Waals surface area contributed by atoms with Crippen molar-refractivity contribution in [3.63, 3.8) is 0 Å². The summed E-state index contributed by atoms with van der Waals surface area (Å²) in [6.07, 6.45) is 1.32. The Bertz CT molecular complexity index is 165.